The molecule has 2 aromatic carbocycles. The second-order valence-electron chi connectivity index (χ2n) is 4.76. The van der Waals surface area contributed by atoms with Gasteiger partial charge in [0.1, 0.15) is 12.4 Å². The van der Waals surface area contributed by atoms with Crippen molar-refractivity contribution in [3.8, 4) is 17.5 Å². The van der Waals surface area contributed by atoms with Crippen molar-refractivity contribution in [1.82, 2.24) is 14.8 Å². The average molecular weight is 401 g/mol. The monoisotopic (exact) mass is 400 g/mol. The standard InChI is InChI=1S/C17H13BrN4OS/c18-13-6-8-15(9-7-13)23-12-16-20-21-17(24-11-10-19)22(16)14-4-2-1-3-5-14/h1-9H,11-12H2. The molecular weight excluding hydrogens is 388 g/mol. The molecule has 0 atom stereocenters. The van der Waals surface area contributed by atoms with Crippen LogP contribution in [-0.4, -0.2) is 20.5 Å². The van der Waals surface area contributed by atoms with E-state index in [0.717, 1.165) is 15.9 Å². The van der Waals surface area contributed by atoms with E-state index in [9.17, 15) is 0 Å². The third kappa shape index (κ3) is 3.96. The number of hydrogen-bond donors (Lipinski definition) is 0. The van der Waals surface area contributed by atoms with Gasteiger partial charge in [0.05, 0.1) is 11.8 Å². The molecule has 0 radical (unpaired) electrons. The highest BCUT2D eigenvalue weighted by Gasteiger charge is 2.14. The number of halogens is 1. The van der Waals surface area contributed by atoms with Crippen LogP contribution < -0.4 is 4.74 Å². The summed E-state index contributed by atoms with van der Waals surface area (Å²) in [5.74, 6) is 1.76. The number of nitrogens with zero attached hydrogens (tertiary/aromatic N) is 4. The van der Waals surface area contributed by atoms with Crippen LogP contribution in [0.2, 0.25) is 0 Å². The molecule has 0 unspecified atom stereocenters. The lowest BCUT2D eigenvalue weighted by Gasteiger charge is -2.10. The van der Waals surface area contributed by atoms with Gasteiger partial charge in [-0.2, -0.15) is 5.26 Å². The molecule has 0 fully saturated rings. The molecule has 120 valence electrons. The molecule has 0 amide bonds. The molecule has 1 aromatic heterocycles. The maximum Gasteiger partial charge on any atom is 0.196 e. The van der Waals surface area contributed by atoms with Crippen LogP contribution in [-0.2, 0) is 6.61 Å². The molecule has 24 heavy (non-hydrogen) atoms. The molecule has 0 aliphatic carbocycles. The lowest BCUT2D eigenvalue weighted by molar-refractivity contribution is 0.293. The van der Waals surface area contributed by atoms with Crippen molar-refractivity contribution >= 4 is 27.7 Å². The number of aromatic nitrogens is 3. The Labute approximate surface area is 152 Å². The molecule has 7 heteroatoms. The first kappa shape index (κ1) is 16.6. The van der Waals surface area contributed by atoms with Gasteiger partial charge in [-0.1, -0.05) is 45.9 Å². The van der Waals surface area contributed by atoms with Gasteiger partial charge in [0.25, 0.3) is 0 Å². The molecule has 3 rings (SSSR count). The van der Waals surface area contributed by atoms with E-state index in [1.807, 2.05) is 59.2 Å². The Morgan fingerprint density at radius 2 is 1.83 bits per heavy atom. The van der Waals surface area contributed by atoms with Gasteiger partial charge < -0.3 is 4.74 Å². The predicted molar refractivity (Wildman–Crippen MR) is 96.2 cm³/mol. The lowest BCUT2D eigenvalue weighted by atomic mass is 10.3. The zero-order chi connectivity index (χ0) is 16.8. The number of para-hydroxylation sites is 1. The van der Waals surface area contributed by atoms with Gasteiger partial charge in [-0.3, -0.25) is 4.57 Å². The number of nitriles is 1. The molecule has 0 saturated carbocycles. The van der Waals surface area contributed by atoms with Crippen LogP contribution >= 0.6 is 27.7 Å². The summed E-state index contributed by atoms with van der Waals surface area (Å²) in [6, 6.07) is 19.5. The molecule has 5 nitrogen and oxygen atoms in total. The predicted octanol–water partition coefficient (Wildman–Crippen LogP) is 4.22. The van der Waals surface area contributed by atoms with Gasteiger partial charge in [0.2, 0.25) is 0 Å². The minimum atomic E-state index is 0.288. The van der Waals surface area contributed by atoms with Crippen molar-refractivity contribution in [3.05, 3.63) is 64.9 Å². The minimum absolute atomic E-state index is 0.288. The highest BCUT2D eigenvalue weighted by atomic mass is 79.9. The summed E-state index contributed by atoms with van der Waals surface area (Å²) < 4.78 is 8.72. The third-order valence-electron chi connectivity index (χ3n) is 3.16. The first-order valence-electron chi connectivity index (χ1n) is 7.16. The molecule has 0 saturated heterocycles. The number of hydrogen-bond acceptors (Lipinski definition) is 5. The van der Waals surface area contributed by atoms with Crippen LogP contribution in [0.3, 0.4) is 0 Å². The zero-order valence-electron chi connectivity index (χ0n) is 12.6. The van der Waals surface area contributed by atoms with E-state index in [1.54, 1.807) is 0 Å². The van der Waals surface area contributed by atoms with Crippen LogP contribution in [0.25, 0.3) is 5.69 Å². The summed E-state index contributed by atoms with van der Waals surface area (Å²) >= 11 is 4.75. The van der Waals surface area contributed by atoms with Gasteiger partial charge in [-0.15, -0.1) is 10.2 Å². The van der Waals surface area contributed by atoms with Gasteiger partial charge in [-0.25, -0.2) is 0 Å². The first-order chi connectivity index (χ1) is 11.8. The van der Waals surface area contributed by atoms with E-state index < -0.39 is 0 Å². The first-order valence-corrected chi connectivity index (χ1v) is 8.93. The second kappa shape index (κ2) is 7.99. The van der Waals surface area contributed by atoms with E-state index >= 15 is 0 Å². The fraction of sp³-hybridized carbons (Fsp3) is 0.118. The number of ether oxygens (including phenoxy) is 1. The number of thioether (sulfide) groups is 1. The van der Waals surface area contributed by atoms with E-state index in [0.29, 0.717) is 16.7 Å². The van der Waals surface area contributed by atoms with Crippen molar-refractivity contribution in [1.29, 1.82) is 5.26 Å². The summed E-state index contributed by atoms with van der Waals surface area (Å²) in [7, 11) is 0. The van der Waals surface area contributed by atoms with Crippen molar-refractivity contribution < 1.29 is 4.74 Å². The molecule has 0 spiro atoms. The van der Waals surface area contributed by atoms with Gasteiger partial charge in [-0.05, 0) is 36.4 Å². The Kier molecular flexibility index (Phi) is 5.51. The smallest absolute Gasteiger partial charge is 0.196 e. The van der Waals surface area contributed by atoms with Gasteiger partial charge >= 0.3 is 0 Å². The fourth-order valence-electron chi connectivity index (χ4n) is 2.10. The number of rotatable bonds is 6. The second-order valence-corrected chi connectivity index (χ2v) is 6.62. The summed E-state index contributed by atoms with van der Waals surface area (Å²) in [6.45, 7) is 0.288. The van der Waals surface area contributed by atoms with Crippen LogP contribution in [0.1, 0.15) is 5.82 Å². The van der Waals surface area contributed by atoms with Crippen LogP contribution in [0.5, 0.6) is 5.75 Å². The largest absolute Gasteiger partial charge is 0.486 e. The topological polar surface area (TPSA) is 63.7 Å². The van der Waals surface area contributed by atoms with E-state index in [4.69, 9.17) is 10.00 Å². The Balaban J connectivity index is 1.85. The highest BCUT2D eigenvalue weighted by molar-refractivity contribution is 9.10. The van der Waals surface area contributed by atoms with Gasteiger partial charge in [0.15, 0.2) is 11.0 Å². The van der Waals surface area contributed by atoms with Gasteiger partial charge in [0, 0.05) is 10.2 Å². The van der Waals surface area contributed by atoms with Crippen molar-refractivity contribution in [2.45, 2.75) is 11.8 Å². The minimum Gasteiger partial charge on any atom is -0.486 e. The normalized spacial score (nSPS) is 10.3. The Hall–Kier alpha value is -2.30. The molecular formula is C17H13BrN4OS. The van der Waals surface area contributed by atoms with Crippen LogP contribution in [0, 0.1) is 11.3 Å². The quantitative estimate of drug-likeness (QED) is 0.579. The van der Waals surface area contributed by atoms with Crippen molar-refractivity contribution in [2.75, 3.05) is 5.75 Å². The SMILES string of the molecule is N#CCSc1nnc(COc2ccc(Br)cc2)n1-c1ccccc1. The van der Waals surface area contributed by atoms with E-state index in [2.05, 4.69) is 32.2 Å². The Morgan fingerprint density at radius 3 is 2.54 bits per heavy atom. The van der Waals surface area contributed by atoms with E-state index in [1.165, 1.54) is 11.8 Å². The zero-order valence-corrected chi connectivity index (χ0v) is 15.0. The molecule has 1 heterocycles. The van der Waals surface area contributed by atoms with E-state index in [-0.39, 0.29) is 6.61 Å². The third-order valence-corrected chi connectivity index (χ3v) is 4.49. The maximum absolute atomic E-state index is 8.81. The Bertz CT molecular complexity index is 843. The fourth-order valence-corrected chi connectivity index (χ4v) is 3.00. The maximum atomic E-state index is 8.81. The molecule has 0 aliphatic rings. The van der Waals surface area contributed by atoms with Crippen molar-refractivity contribution in [3.63, 3.8) is 0 Å². The number of benzene rings is 2. The summed E-state index contributed by atoms with van der Waals surface area (Å²) in [5.41, 5.74) is 0.942. The van der Waals surface area contributed by atoms with Crippen molar-refractivity contribution in [2.24, 2.45) is 0 Å². The molecule has 3 aromatic rings. The molecule has 0 aliphatic heterocycles. The van der Waals surface area contributed by atoms with Crippen LogP contribution in [0.4, 0.5) is 0 Å². The summed E-state index contributed by atoms with van der Waals surface area (Å²) in [5, 5.41) is 17.9. The highest BCUT2D eigenvalue weighted by Crippen LogP contribution is 2.23. The lowest BCUT2D eigenvalue weighted by Crippen LogP contribution is -2.06. The summed E-state index contributed by atoms with van der Waals surface area (Å²) in [6.07, 6.45) is 0. The Morgan fingerprint density at radius 1 is 1.08 bits per heavy atom. The molecule has 0 N–H and O–H groups in total. The van der Waals surface area contributed by atoms with Crippen LogP contribution in [0.15, 0.2) is 64.2 Å². The molecule has 0 bridgehead atoms. The summed E-state index contributed by atoms with van der Waals surface area (Å²) in [4.78, 5) is 0. The average Bonchev–Trinajstić information content (AvgIpc) is 3.03.